The van der Waals surface area contributed by atoms with E-state index >= 15 is 0 Å². The Morgan fingerprint density at radius 2 is 1.94 bits per heavy atom. The van der Waals surface area contributed by atoms with Crippen LogP contribution in [0.3, 0.4) is 0 Å². The summed E-state index contributed by atoms with van der Waals surface area (Å²) < 4.78 is 5.07. The molecule has 1 rings (SSSR count). The summed E-state index contributed by atoms with van der Waals surface area (Å²) in [6.07, 6.45) is -0.933. The second-order valence-electron chi connectivity index (χ2n) is 5.26. The molecule has 0 fully saturated rings. The summed E-state index contributed by atoms with van der Waals surface area (Å²) in [5.74, 6) is -0.414. The van der Waals surface area contributed by atoms with Gasteiger partial charge >= 0.3 is 5.97 Å². The number of carbonyl (C=O) groups excluding carboxylic acids is 1. The van der Waals surface area contributed by atoms with Crippen molar-refractivity contribution in [3.63, 3.8) is 0 Å². The average Bonchev–Trinajstić information content (AvgIpc) is 2.25. The van der Waals surface area contributed by atoms with E-state index in [4.69, 9.17) is 4.74 Å². The maximum atomic E-state index is 11.5. The maximum absolute atomic E-state index is 11.5. The number of aliphatic hydroxyl groups is 1. The van der Waals surface area contributed by atoms with E-state index in [9.17, 15) is 9.90 Å². The number of rotatable bonds is 5. The minimum atomic E-state index is -0.881. The molecule has 0 heterocycles. The highest BCUT2D eigenvalue weighted by Crippen LogP contribution is 2.05. The standard InChI is InChI=1S/C14H21NO3/c1-14(2,3)15-12(16)9-13(17)18-10-11-7-5-4-6-8-11/h4-8,12,15-16H,9-10H2,1-3H3. The molecule has 0 aliphatic rings. The minimum absolute atomic E-state index is 0.0515. The zero-order chi connectivity index (χ0) is 13.6. The quantitative estimate of drug-likeness (QED) is 0.619. The predicted octanol–water partition coefficient (Wildman–Crippen LogP) is 1.83. The van der Waals surface area contributed by atoms with Crippen LogP contribution in [0.4, 0.5) is 0 Å². The molecule has 1 atom stereocenters. The largest absolute Gasteiger partial charge is 0.461 e. The van der Waals surface area contributed by atoms with Crippen molar-refractivity contribution in [1.82, 2.24) is 5.32 Å². The molecular formula is C14H21NO3. The molecule has 0 bridgehead atoms. The van der Waals surface area contributed by atoms with E-state index in [0.717, 1.165) is 5.56 Å². The van der Waals surface area contributed by atoms with Crippen molar-refractivity contribution >= 4 is 5.97 Å². The zero-order valence-electron chi connectivity index (χ0n) is 11.1. The van der Waals surface area contributed by atoms with E-state index in [-0.39, 0.29) is 18.6 Å². The third-order valence-corrected chi connectivity index (χ3v) is 2.20. The van der Waals surface area contributed by atoms with Gasteiger partial charge in [0, 0.05) is 5.54 Å². The van der Waals surface area contributed by atoms with E-state index in [1.165, 1.54) is 0 Å². The second-order valence-corrected chi connectivity index (χ2v) is 5.26. The number of hydrogen-bond acceptors (Lipinski definition) is 4. The zero-order valence-corrected chi connectivity index (χ0v) is 11.1. The van der Waals surface area contributed by atoms with Gasteiger partial charge in [-0.2, -0.15) is 0 Å². The molecule has 0 saturated carbocycles. The monoisotopic (exact) mass is 251 g/mol. The van der Waals surface area contributed by atoms with Crippen LogP contribution < -0.4 is 5.32 Å². The van der Waals surface area contributed by atoms with Gasteiger partial charge in [-0.3, -0.25) is 10.1 Å². The van der Waals surface area contributed by atoms with Crippen molar-refractivity contribution < 1.29 is 14.6 Å². The van der Waals surface area contributed by atoms with Gasteiger partial charge in [-0.15, -0.1) is 0 Å². The molecule has 1 aromatic rings. The Morgan fingerprint density at radius 3 is 2.50 bits per heavy atom. The molecule has 0 aliphatic carbocycles. The number of esters is 1. The lowest BCUT2D eigenvalue weighted by molar-refractivity contribution is -0.147. The van der Waals surface area contributed by atoms with Crippen molar-refractivity contribution in [1.29, 1.82) is 0 Å². The van der Waals surface area contributed by atoms with E-state index in [1.54, 1.807) is 0 Å². The van der Waals surface area contributed by atoms with Gasteiger partial charge in [0.05, 0.1) is 6.42 Å². The lowest BCUT2D eigenvalue weighted by atomic mass is 10.1. The van der Waals surface area contributed by atoms with Gasteiger partial charge in [-0.1, -0.05) is 30.3 Å². The van der Waals surface area contributed by atoms with Gasteiger partial charge in [0.15, 0.2) is 0 Å². The molecule has 2 N–H and O–H groups in total. The molecule has 0 aromatic heterocycles. The Kier molecular flexibility index (Phi) is 5.31. The molecule has 18 heavy (non-hydrogen) atoms. The van der Waals surface area contributed by atoms with Crippen LogP contribution in [0.15, 0.2) is 30.3 Å². The van der Waals surface area contributed by atoms with Crippen LogP contribution in [0.2, 0.25) is 0 Å². The molecule has 0 saturated heterocycles. The highest BCUT2D eigenvalue weighted by Gasteiger charge is 2.18. The molecule has 4 nitrogen and oxygen atoms in total. The fraction of sp³-hybridized carbons (Fsp3) is 0.500. The third-order valence-electron chi connectivity index (χ3n) is 2.20. The van der Waals surface area contributed by atoms with Gasteiger partial charge in [0.2, 0.25) is 0 Å². The minimum Gasteiger partial charge on any atom is -0.461 e. The summed E-state index contributed by atoms with van der Waals surface area (Å²) in [6.45, 7) is 6.00. The number of nitrogens with one attached hydrogen (secondary N) is 1. The number of ether oxygens (including phenoxy) is 1. The number of benzene rings is 1. The van der Waals surface area contributed by atoms with Gasteiger partial charge < -0.3 is 9.84 Å². The molecule has 0 aliphatic heterocycles. The molecule has 0 spiro atoms. The highest BCUT2D eigenvalue weighted by molar-refractivity contribution is 5.69. The first-order valence-corrected chi connectivity index (χ1v) is 6.02. The van der Waals surface area contributed by atoms with Crippen molar-refractivity contribution in [3.05, 3.63) is 35.9 Å². The smallest absolute Gasteiger partial charge is 0.310 e. The third kappa shape index (κ3) is 6.37. The van der Waals surface area contributed by atoms with Crippen LogP contribution >= 0.6 is 0 Å². The van der Waals surface area contributed by atoms with Crippen LogP contribution in [-0.4, -0.2) is 22.8 Å². The van der Waals surface area contributed by atoms with Crippen molar-refractivity contribution in [2.75, 3.05) is 0 Å². The lowest BCUT2D eigenvalue weighted by Crippen LogP contribution is -2.44. The molecule has 4 heteroatoms. The average molecular weight is 251 g/mol. The molecule has 1 aromatic carbocycles. The van der Waals surface area contributed by atoms with Crippen molar-refractivity contribution in [2.24, 2.45) is 0 Å². The number of aliphatic hydroxyl groups excluding tert-OH is 1. The summed E-state index contributed by atoms with van der Waals surface area (Å²) in [7, 11) is 0. The summed E-state index contributed by atoms with van der Waals surface area (Å²) in [4.78, 5) is 11.5. The Labute approximate surface area is 108 Å². The topological polar surface area (TPSA) is 58.6 Å². The summed E-state index contributed by atoms with van der Waals surface area (Å²) in [5, 5.41) is 12.5. The highest BCUT2D eigenvalue weighted by atomic mass is 16.5. The maximum Gasteiger partial charge on any atom is 0.310 e. The Balaban J connectivity index is 2.30. The van der Waals surface area contributed by atoms with Gasteiger partial charge in [0.1, 0.15) is 12.8 Å². The van der Waals surface area contributed by atoms with E-state index < -0.39 is 12.2 Å². The number of hydrogen-bond donors (Lipinski definition) is 2. The summed E-state index contributed by atoms with van der Waals surface area (Å²) >= 11 is 0. The molecule has 1 unspecified atom stereocenters. The first-order chi connectivity index (χ1) is 8.37. The van der Waals surface area contributed by atoms with Crippen LogP contribution in [0.5, 0.6) is 0 Å². The molecular weight excluding hydrogens is 230 g/mol. The Hall–Kier alpha value is -1.39. The summed E-state index contributed by atoms with van der Waals surface area (Å²) in [5.41, 5.74) is 0.697. The first-order valence-electron chi connectivity index (χ1n) is 6.02. The van der Waals surface area contributed by atoms with Crippen LogP contribution in [0.1, 0.15) is 32.8 Å². The van der Waals surface area contributed by atoms with Gasteiger partial charge in [-0.05, 0) is 26.3 Å². The molecule has 100 valence electrons. The van der Waals surface area contributed by atoms with Crippen molar-refractivity contribution in [3.8, 4) is 0 Å². The van der Waals surface area contributed by atoms with Crippen LogP contribution in [0.25, 0.3) is 0 Å². The van der Waals surface area contributed by atoms with E-state index in [0.29, 0.717) is 0 Å². The second kappa shape index (κ2) is 6.52. The number of carbonyl (C=O) groups is 1. The van der Waals surface area contributed by atoms with Gasteiger partial charge in [-0.25, -0.2) is 0 Å². The Morgan fingerprint density at radius 1 is 1.33 bits per heavy atom. The summed E-state index contributed by atoms with van der Waals surface area (Å²) in [6, 6.07) is 9.45. The first kappa shape index (κ1) is 14.7. The fourth-order valence-corrected chi connectivity index (χ4v) is 1.51. The molecule has 0 radical (unpaired) electrons. The van der Waals surface area contributed by atoms with Crippen LogP contribution in [0, 0.1) is 0 Å². The fourth-order valence-electron chi connectivity index (χ4n) is 1.51. The molecule has 0 amide bonds. The van der Waals surface area contributed by atoms with E-state index in [1.807, 2.05) is 51.1 Å². The van der Waals surface area contributed by atoms with Crippen molar-refractivity contribution in [2.45, 2.75) is 45.6 Å². The van der Waals surface area contributed by atoms with Gasteiger partial charge in [0.25, 0.3) is 0 Å². The predicted molar refractivity (Wildman–Crippen MR) is 69.8 cm³/mol. The Bertz CT molecular complexity index is 370. The normalized spacial score (nSPS) is 13.1. The lowest BCUT2D eigenvalue weighted by Gasteiger charge is -2.24. The van der Waals surface area contributed by atoms with E-state index in [2.05, 4.69) is 5.32 Å². The SMILES string of the molecule is CC(C)(C)NC(O)CC(=O)OCc1ccccc1. The van der Waals surface area contributed by atoms with Crippen LogP contribution in [-0.2, 0) is 16.1 Å².